The lowest BCUT2D eigenvalue weighted by Gasteiger charge is -2.10. The molecule has 0 aliphatic rings. The van der Waals surface area contributed by atoms with Gasteiger partial charge in [-0.25, -0.2) is 14.6 Å². The Morgan fingerprint density at radius 3 is 2.72 bits per heavy atom. The van der Waals surface area contributed by atoms with Crippen LogP contribution in [-0.4, -0.2) is 35.4 Å². The van der Waals surface area contributed by atoms with Crippen LogP contribution < -0.4 is 5.32 Å². The van der Waals surface area contributed by atoms with Crippen LogP contribution in [0.2, 0.25) is 5.02 Å². The van der Waals surface area contributed by atoms with Crippen LogP contribution in [-0.2, 0) is 0 Å². The molecule has 0 saturated carbocycles. The second-order valence-electron chi connectivity index (χ2n) is 6.99. The average molecular weight is 509 g/mol. The van der Waals surface area contributed by atoms with E-state index in [0.29, 0.717) is 37.7 Å². The molecule has 0 radical (unpaired) electrons. The fourth-order valence-electron chi connectivity index (χ4n) is 3.38. The molecule has 1 amide bonds. The molecule has 0 fully saturated rings. The molecule has 8 nitrogen and oxygen atoms in total. The number of rotatable bonds is 4. The lowest BCUT2D eigenvalue weighted by Crippen LogP contribution is -2.16. The molecular formula is C22H15BrClN7O. The number of amides is 1. The Labute approximate surface area is 196 Å². The third-order valence-corrected chi connectivity index (χ3v) is 5.72. The quantitative estimate of drug-likeness (QED) is 0.370. The lowest BCUT2D eigenvalue weighted by atomic mass is 10.2. The second kappa shape index (κ2) is 8.18. The molecule has 0 spiro atoms. The normalized spacial score (nSPS) is 11.1. The third-order valence-electron chi connectivity index (χ3n) is 4.79. The van der Waals surface area contributed by atoms with E-state index < -0.39 is 0 Å². The number of hydrogen-bond donors (Lipinski definition) is 1. The molecule has 5 rings (SSSR count). The van der Waals surface area contributed by atoms with Gasteiger partial charge in [0.2, 0.25) is 0 Å². The molecule has 0 atom stereocenters. The maximum Gasteiger partial charge on any atom is 0.257 e. The van der Waals surface area contributed by atoms with Gasteiger partial charge in [-0.05, 0) is 53.2 Å². The van der Waals surface area contributed by atoms with Gasteiger partial charge in [-0.1, -0.05) is 29.8 Å². The summed E-state index contributed by atoms with van der Waals surface area (Å²) in [5, 5.41) is 13.2. The van der Waals surface area contributed by atoms with E-state index >= 15 is 0 Å². The predicted molar refractivity (Wildman–Crippen MR) is 126 cm³/mol. The second-order valence-corrected chi connectivity index (χ2v) is 8.28. The first kappa shape index (κ1) is 20.3. The summed E-state index contributed by atoms with van der Waals surface area (Å²) in [5.74, 6) is 0.719. The topological polar surface area (TPSA) is 90.5 Å². The number of nitrogens with one attached hydrogen (secondary N) is 1. The number of fused-ring (bicyclic) bond motifs is 1. The van der Waals surface area contributed by atoms with E-state index in [0.717, 1.165) is 11.4 Å². The highest BCUT2D eigenvalue weighted by molar-refractivity contribution is 9.10. The molecule has 32 heavy (non-hydrogen) atoms. The van der Waals surface area contributed by atoms with Crippen molar-refractivity contribution in [3.05, 3.63) is 87.9 Å². The van der Waals surface area contributed by atoms with Gasteiger partial charge in [-0.15, -0.1) is 0 Å². The van der Waals surface area contributed by atoms with Gasteiger partial charge in [0.25, 0.3) is 5.91 Å². The van der Waals surface area contributed by atoms with Crippen molar-refractivity contribution in [1.29, 1.82) is 0 Å². The molecule has 0 aliphatic heterocycles. The van der Waals surface area contributed by atoms with Crippen LogP contribution in [0, 0.1) is 6.92 Å². The Morgan fingerprint density at radius 1 is 1.06 bits per heavy atom. The summed E-state index contributed by atoms with van der Waals surface area (Å²) >= 11 is 9.56. The minimum atomic E-state index is -0.265. The van der Waals surface area contributed by atoms with Crippen LogP contribution in [0.1, 0.15) is 16.1 Å². The Bertz CT molecular complexity index is 1480. The van der Waals surface area contributed by atoms with Gasteiger partial charge >= 0.3 is 0 Å². The van der Waals surface area contributed by atoms with Crippen molar-refractivity contribution in [2.75, 3.05) is 5.32 Å². The molecular weight excluding hydrogens is 494 g/mol. The van der Waals surface area contributed by atoms with Crippen LogP contribution in [0.3, 0.4) is 0 Å². The van der Waals surface area contributed by atoms with Gasteiger partial charge in [0.1, 0.15) is 12.1 Å². The maximum absolute atomic E-state index is 12.9. The molecule has 0 bridgehead atoms. The predicted octanol–water partition coefficient (Wildman–Crippen LogP) is 4.98. The van der Waals surface area contributed by atoms with E-state index in [4.69, 9.17) is 11.6 Å². The molecule has 2 aromatic carbocycles. The SMILES string of the molecule is Cc1cc(NC(=O)c2ccccc2Br)n(-c2ncnc3c2cnn3-c2cccc(Cl)c2)n1. The monoisotopic (exact) mass is 507 g/mol. The molecule has 0 aliphatic carbocycles. The van der Waals surface area contributed by atoms with Gasteiger partial charge in [0.05, 0.1) is 28.5 Å². The largest absolute Gasteiger partial charge is 0.306 e. The Morgan fingerprint density at radius 2 is 1.91 bits per heavy atom. The Balaban J connectivity index is 1.58. The highest BCUT2D eigenvalue weighted by Crippen LogP contribution is 2.26. The summed E-state index contributed by atoms with van der Waals surface area (Å²) in [6.07, 6.45) is 3.11. The van der Waals surface area contributed by atoms with Crippen molar-refractivity contribution in [2.24, 2.45) is 0 Å². The Hall–Kier alpha value is -3.56. The van der Waals surface area contributed by atoms with Crippen molar-refractivity contribution in [3.63, 3.8) is 0 Å². The highest BCUT2D eigenvalue weighted by atomic mass is 79.9. The highest BCUT2D eigenvalue weighted by Gasteiger charge is 2.19. The van der Waals surface area contributed by atoms with Gasteiger partial charge in [-0.2, -0.15) is 14.9 Å². The molecule has 0 saturated heterocycles. The number of carbonyl (C=O) groups excluding carboxylic acids is 1. The van der Waals surface area contributed by atoms with Crippen LogP contribution >= 0.6 is 27.5 Å². The zero-order valence-electron chi connectivity index (χ0n) is 16.7. The summed E-state index contributed by atoms with van der Waals surface area (Å²) in [7, 11) is 0. The van der Waals surface area contributed by atoms with Gasteiger partial charge in [-0.3, -0.25) is 4.79 Å². The van der Waals surface area contributed by atoms with Crippen LogP contribution in [0.4, 0.5) is 5.82 Å². The van der Waals surface area contributed by atoms with Gasteiger partial charge < -0.3 is 5.32 Å². The fourth-order valence-corrected chi connectivity index (χ4v) is 4.03. The molecule has 10 heteroatoms. The number of nitrogens with zero attached hydrogens (tertiary/aromatic N) is 6. The first-order valence-electron chi connectivity index (χ1n) is 9.59. The summed E-state index contributed by atoms with van der Waals surface area (Å²) < 4.78 is 3.97. The minimum Gasteiger partial charge on any atom is -0.306 e. The standard InChI is InChI=1S/C22H15BrClN7O/c1-13-9-19(28-22(32)16-7-2-3-8-18(16)23)31(29-13)21-17-11-27-30(20(17)25-12-26-21)15-6-4-5-14(24)10-15/h2-12H,1H3,(H,28,32). The first-order valence-corrected chi connectivity index (χ1v) is 10.8. The van der Waals surface area contributed by atoms with Crippen LogP contribution in [0.15, 0.2) is 71.6 Å². The number of carbonyl (C=O) groups is 1. The Kier molecular flexibility index (Phi) is 5.20. The van der Waals surface area contributed by atoms with Crippen molar-refractivity contribution in [3.8, 4) is 11.5 Å². The van der Waals surface area contributed by atoms with Crippen LogP contribution in [0.5, 0.6) is 0 Å². The fraction of sp³-hybridized carbons (Fsp3) is 0.0455. The summed E-state index contributed by atoms with van der Waals surface area (Å²) in [6.45, 7) is 1.85. The van der Waals surface area contributed by atoms with E-state index in [1.165, 1.54) is 6.33 Å². The molecule has 0 unspecified atom stereocenters. The molecule has 3 aromatic heterocycles. The number of hydrogen-bond acceptors (Lipinski definition) is 5. The number of aromatic nitrogens is 6. The minimum absolute atomic E-state index is 0.265. The average Bonchev–Trinajstić information content (AvgIpc) is 3.37. The zero-order valence-corrected chi connectivity index (χ0v) is 19.0. The summed E-state index contributed by atoms with van der Waals surface area (Å²) in [6, 6.07) is 16.3. The van der Waals surface area contributed by atoms with E-state index in [-0.39, 0.29) is 5.91 Å². The molecule has 1 N–H and O–H groups in total. The first-order chi connectivity index (χ1) is 15.5. The van der Waals surface area contributed by atoms with Gasteiger partial charge in [0, 0.05) is 15.6 Å². The molecule has 3 heterocycles. The molecule has 158 valence electrons. The van der Waals surface area contributed by atoms with E-state index in [1.807, 2.05) is 31.2 Å². The van der Waals surface area contributed by atoms with Crippen molar-refractivity contribution in [2.45, 2.75) is 6.92 Å². The number of anilines is 1. The smallest absolute Gasteiger partial charge is 0.257 e. The summed E-state index contributed by atoms with van der Waals surface area (Å²) in [4.78, 5) is 21.7. The lowest BCUT2D eigenvalue weighted by molar-refractivity contribution is 0.102. The number of halogens is 2. The van der Waals surface area contributed by atoms with Crippen LogP contribution in [0.25, 0.3) is 22.5 Å². The summed E-state index contributed by atoms with van der Waals surface area (Å²) in [5.41, 5.74) is 2.60. The number of benzene rings is 2. The molecule has 5 aromatic rings. The van der Waals surface area contributed by atoms with E-state index in [1.54, 1.807) is 45.9 Å². The zero-order chi connectivity index (χ0) is 22.2. The van der Waals surface area contributed by atoms with Gasteiger partial charge in [0.15, 0.2) is 11.5 Å². The van der Waals surface area contributed by atoms with Crippen molar-refractivity contribution >= 4 is 50.3 Å². The maximum atomic E-state index is 12.9. The third kappa shape index (κ3) is 3.65. The van der Waals surface area contributed by atoms with Crippen molar-refractivity contribution in [1.82, 2.24) is 29.5 Å². The van der Waals surface area contributed by atoms with E-state index in [2.05, 4.69) is 41.4 Å². The van der Waals surface area contributed by atoms with Crippen molar-refractivity contribution < 1.29 is 4.79 Å². The van der Waals surface area contributed by atoms with E-state index in [9.17, 15) is 4.79 Å². The number of aryl methyl sites for hydroxylation is 1.